The van der Waals surface area contributed by atoms with Gasteiger partial charge in [0.25, 0.3) is 0 Å². The monoisotopic (exact) mass is 430 g/mol. The fourth-order valence-electron chi connectivity index (χ4n) is 4.26. The number of hydrogen-bond donors (Lipinski definition) is 2. The van der Waals surface area contributed by atoms with Gasteiger partial charge in [-0.1, -0.05) is 25.4 Å². The van der Waals surface area contributed by atoms with Gasteiger partial charge in [0.2, 0.25) is 5.91 Å². The van der Waals surface area contributed by atoms with Gasteiger partial charge in [-0.2, -0.15) is 5.10 Å². The van der Waals surface area contributed by atoms with E-state index in [4.69, 9.17) is 11.6 Å². The van der Waals surface area contributed by atoms with Crippen molar-refractivity contribution in [3.05, 3.63) is 29.2 Å². The number of anilines is 1. The van der Waals surface area contributed by atoms with E-state index in [1.807, 2.05) is 10.9 Å². The molecule has 4 heterocycles. The van der Waals surface area contributed by atoms with Crippen LogP contribution in [0.5, 0.6) is 0 Å². The number of carbonyl (C=O) groups excluding carboxylic acids is 2. The van der Waals surface area contributed by atoms with Crippen molar-refractivity contribution in [3.8, 4) is 11.1 Å². The Morgan fingerprint density at radius 3 is 2.63 bits per heavy atom. The van der Waals surface area contributed by atoms with Crippen LogP contribution in [0.15, 0.2) is 18.5 Å². The molecule has 1 fully saturated rings. The number of hydrogen-bond acceptors (Lipinski definition) is 4. The highest BCUT2D eigenvalue weighted by Crippen LogP contribution is 2.39. The van der Waals surface area contributed by atoms with E-state index in [9.17, 15) is 9.59 Å². The molecule has 0 aliphatic carbocycles. The molecule has 0 saturated carbocycles. The summed E-state index contributed by atoms with van der Waals surface area (Å²) in [6.07, 6.45) is 5.79. The number of nitrogens with one attached hydrogen (secondary N) is 2. The quantitative estimate of drug-likeness (QED) is 0.781. The maximum Gasteiger partial charge on any atom is 0.320 e. The molecule has 2 aromatic heterocycles. The van der Waals surface area contributed by atoms with Crippen LogP contribution in [0.1, 0.15) is 39.3 Å². The van der Waals surface area contributed by atoms with Crippen LogP contribution in [0, 0.1) is 5.41 Å². The predicted molar refractivity (Wildman–Crippen MR) is 115 cm³/mol. The minimum atomic E-state index is -0.307. The van der Waals surface area contributed by atoms with E-state index in [1.165, 1.54) is 0 Å². The number of aromatic nitrogens is 3. The van der Waals surface area contributed by atoms with Crippen molar-refractivity contribution in [2.24, 2.45) is 5.41 Å². The molecule has 0 aromatic carbocycles. The van der Waals surface area contributed by atoms with Gasteiger partial charge in [-0.3, -0.25) is 14.8 Å². The summed E-state index contributed by atoms with van der Waals surface area (Å²) >= 11 is 6.43. The Labute approximate surface area is 181 Å². The fraction of sp³-hybridized carbons (Fsp3) is 0.524. The predicted octanol–water partition coefficient (Wildman–Crippen LogP) is 3.31. The van der Waals surface area contributed by atoms with Gasteiger partial charge in [-0.15, -0.1) is 0 Å². The zero-order chi connectivity index (χ0) is 21.5. The molecule has 0 unspecified atom stereocenters. The second-order valence-electron chi connectivity index (χ2n) is 8.93. The Balaban J connectivity index is 1.43. The van der Waals surface area contributed by atoms with Crippen LogP contribution in [-0.4, -0.2) is 50.7 Å². The van der Waals surface area contributed by atoms with Gasteiger partial charge in [0.15, 0.2) is 0 Å². The normalized spacial score (nSPS) is 18.2. The van der Waals surface area contributed by atoms with Crippen LogP contribution in [0.25, 0.3) is 11.1 Å². The first kappa shape index (κ1) is 20.7. The van der Waals surface area contributed by atoms with Crippen molar-refractivity contribution in [3.63, 3.8) is 0 Å². The van der Waals surface area contributed by atoms with Gasteiger partial charge < -0.3 is 10.2 Å². The summed E-state index contributed by atoms with van der Waals surface area (Å²) in [5.74, 6) is 0.510. The molecule has 3 amide bonds. The molecule has 9 heteroatoms. The van der Waals surface area contributed by atoms with Crippen LogP contribution in [0.4, 0.5) is 10.6 Å². The maximum absolute atomic E-state index is 12.5. The zero-order valence-electron chi connectivity index (χ0n) is 17.5. The van der Waals surface area contributed by atoms with Crippen molar-refractivity contribution in [2.45, 2.75) is 52.6 Å². The Morgan fingerprint density at radius 1 is 1.20 bits per heavy atom. The molecular weight excluding hydrogens is 404 g/mol. The highest BCUT2D eigenvalue weighted by atomic mass is 35.5. The lowest BCUT2D eigenvalue weighted by atomic mass is 9.89. The van der Waals surface area contributed by atoms with Crippen molar-refractivity contribution < 1.29 is 9.59 Å². The lowest BCUT2D eigenvalue weighted by molar-refractivity contribution is -0.129. The molecule has 0 spiro atoms. The summed E-state index contributed by atoms with van der Waals surface area (Å²) in [6.45, 7) is 8.21. The number of halogens is 1. The molecule has 4 rings (SSSR count). The first-order chi connectivity index (χ1) is 14.2. The van der Waals surface area contributed by atoms with Crippen LogP contribution >= 0.6 is 11.6 Å². The molecule has 2 aliphatic heterocycles. The maximum atomic E-state index is 12.5. The molecule has 8 nitrogen and oxygen atoms in total. The smallest absolute Gasteiger partial charge is 0.320 e. The Morgan fingerprint density at radius 2 is 1.93 bits per heavy atom. The van der Waals surface area contributed by atoms with Crippen molar-refractivity contribution in [2.75, 3.05) is 18.4 Å². The van der Waals surface area contributed by atoms with Gasteiger partial charge in [0.05, 0.1) is 11.2 Å². The van der Waals surface area contributed by atoms with Gasteiger partial charge in [-0.05, 0) is 30.7 Å². The van der Waals surface area contributed by atoms with Crippen molar-refractivity contribution >= 4 is 29.4 Å². The minimum Gasteiger partial charge on any atom is -0.343 e. The minimum absolute atomic E-state index is 0.0357. The van der Waals surface area contributed by atoms with E-state index >= 15 is 0 Å². The van der Waals surface area contributed by atoms with Gasteiger partial charge in [0, 0.05) is 55.6 Å². The van der Waals surface area contributed by atoms with Crippen LogP contribution in [0.2, 0.25) is 5.02 Å². The second kappa shape index (κ2) is 7.91. The number of likely N-dealkylation sites (tertiary alicyclic amines) is 1. The summed E-state index contributed by atoms with van der Waals surface area (Å²) in [5, 5.41) is 10.8. The number of carbonyl (C=O) groups is 2. The Bertz CT molecular complexity index is 978. The molecular formula is C21H27ClN6O2. The van der Waals surface area contributed by atoms with Gasteiger partial charge in [0.1, 0.15) is 5.82 Å². The number of amides is 3. The van der Waals surface area contributed by atoms with E-state index in [1.54, 1.807) is 24.1 Å². The topological polar surface area (TPSA) is 92.2 Å². The highest BCUT2D eigenvalue weighted by molar-refractivity contribution is 6.33. The number of nitrogens with zero attached hydrogens (tertiary/aromatic N) is 4. The molecule has 2 aliphatic rings. The van der Waals surface area contributed by atoms with E-state index in [-0.39, 0.29) is 23.4 Å². The average Bonchev–Trinajstić information content (AvgIpc) is 3.18. The third-order valence-electron chi connectivity index (χ3n) is 5.84. The van der Waals surface area contributed by atoms with Gasteiger partial charge in [-0.25, -0.2) is 9.78 Å². The summed E-state index contributed by atoms with van der Waals surface area (Å²) < 4.78 is 2.03. The summed E-state index contributed by atoms with van der Waals surface area (Å²) in [5.41, 5.74) is 3.11. The second-order valence-corrected chi connectivity index (χ2v) is 9.34. The van der Waals surface area contributed by atoms with Crippen molar-refractivity contribution in [1.82, 2.24) is 25.0 Å². The first-order valence-corrected chi connectivity index (χ1v) is 10.6. The lowest BCUT2D eigenvalue weighted by Crippen LogP contribution is -2.47. The van der Waals surface area contributed by atoms with Crippen LogP contribution in [0.3, 0.4) is 0 Å². The summed E-state index contributed by atoms with van der Waals surface area (Å²) in [6, 6.07) is 1.52. The zero-order valence-corrected chi connectivity index (χ0v) is 18.3. The first-order valence-electron chi connectivity index (χ1n) is 10.3. The third-order valence-corrected chi connectivity index (χ3v) is 6.14. The molecule has 2 N–H and O–H groups in total. The molecule has 2 aromatic rings. The van der Waals surface area contributed by atoms with Crippen LogP contribution in [-0.2, 0) is 17.8 Å². The average molecular weight is 431 g/mol. The number of fused-ring (bicyclic) bond motifs is 1. The Kier molecular flexibility index (Phi) is 5.44. The molecule has 0 atom stereocenters. The van der Waals surface area contributed by atoms with E-state index in [0.29, 0.717) is 23.9 Å². The van der Waals surface area contributed by atoms with Crippen molar-refractivity contribution in [1.29, 1.82) is 0 Å². The number of urea groups is 1. The Hall–Kier alpha value is -2.61. The fourth-order valence-corrected chi connectivity index (χ4v) is 4.47. The molecule has 160 valence electrons. The van der Waals surface area contributed by atoms with E-state index < -0.39 is 0 Å². The number of pyridine rings is 1. The van der Waals surface area contributed by atoms with E-state index in [2.05, 4.69) is 34.6 Å². The van der Waals surface area contributed by atoms with Crippen LogP contribution < -0.4 is 10.6 Å². The number of rotatable bonds is 3. The SMILES string of the molecule is CC(=O)N1CCC(NC(=O)Nc2cc(-c3cnn4c3CC(C)(C)C4)c(Cl)cn2)CC1. The molecule has 0 bridgehead atoms. The summed E-state index contributed by atoms with van der Waals surface area (Å²) in [7, 11) is 0. The third kappa shape index (κ3) is 4.28. The molecule has 1 saturated heterocycles. The standard InChI is InChI=1S/C21H27ClN6O2/c1-13(29)27-6-4-14(5-7-27)25-20(30)26-19-8-15(17(22)11-23-19)16-10-24-28-12-21(2,3)9-18(16)28/h8,10-11,14H,4-7,9,12H2,1-3H3,(H2,23,25,26,30). The summed E-state index contributed by atoms with van der Waals surface area (Å²) in [4.78, 5) is 29.9. The lowest BCUT2D eigenvalue weighted by Gasteiger charge is -2.31. The molecule has 30 heavy (non-hydrogen) atoms. The largest absolute Gasteiger partial charge is 0.343 e. The van der Waals surface area contributed by atoms with Gasteiger partial charge >= 0.3 is 6.03 Å². The highest BCUT2D eigenvalue weighted by Gasteiger charge is 2.32. The number of piperidine rings is 1. The van der Waals surface area contributed by atoms with E-state index in [0.717, 1.165) is 42.6 Å². The molecule has 0 radical (unpaired) electrons.